The molecule has 2 aromatic heterocycles. The third kappa shape index (κ3) is 3.27. The molecule has 1 amide bonds. The molecule has 0 unspecified atom stereocenters. The zero-order valence-electron chi connectivity index (χ0n) is 10.9. The van der Waals surface area contributed by atoms with Crippen LogP contribution in [0.5, 0.6) is 0 Å². The summed E-state index contributed by atoms with van der Waals surface area (Å²) < 4.78 is 1.92. The van der Waals surface area contributed by atoms with E-state index in [1.165, 1.54) is 0 Å². The van der Waals surface area contributed by atoms with E-state index in [-0.39, 0.29) is 5.91 Å². The number of anilines is 1. The van der Waals surface area contributed by atoms with Gasteiger partial charge in [0.25, 0.3) is 5.91 Å². The van der Waals surface area contributed by atoms with Gasteiger partial charge in [-0.1, -0.05) is 0 Å². The molecule has 2 rings (SSSR count). The number of amides is 1. The number of carbonyl (C=O) groups excluding carboxylic acids is 1. The second-order valence-electron chi connectivity index (χ2n) is 4.01. The summed E-state index contributed by atoms with van der Waals surface area (Å²) in [6.45, 7) is 0.513. The molecular formula is C12H16N6O. The molecule has 7 nitrogen and oxygen atoms in total. The summed E-state index contributed by atoms with van der Waals surface area (Å²) in [5, 5.41) is 13.3. The van der Waals surface area contributed by atoms with Crippen molar-refractivity contribution in [3.8, 4) is 0 Å². The standard InChI is InChI=1S/C12H16N6O/c1-13-10-4-3-9(16-17-10)12(19)15-6-5-11-14-7-8-18(11)2/h3-4,7-8H,5-6H2,1-2H3,(H,13,17)(H,15,19). The average molecular weight is 260 g/mol. The van der Waals surface area contributed by atoms with Crippen LogP contribution >= 0.6 is 0 Å². The molecule has 2 heterocycles. The third-order valence-electron chi connectivity index (χ3n) is 2.71. The fraction of sp³-hybridized carbons (Fsp3) is 0.333. The van der Waals surface area contributed by atoms with Gasteiger partial charge in [-0.25, -0.2) is 4.98 Å². The smallest absolute Gasteiger partial charge is 0.271 e. The van der Waals surface area contributed by atoms with Crippen LogP contribution in [0.1, 0.15) is 16.3 Å². The maximum absolute atomic E-state index is 11.8. The van der Waals surface area contributed by atoms with Gasteiger partial charge in [-0.2, -0.15) is 0 Å². The fourth-order valence-electron chi connectivity index (χ4n) is 1.60. The summed E-state index contributed by atoms with van der Waals surface area (Å²) in [5.74, 6) is 1.32. The molecule has 0 saturated carbocycles. The zero-order chi connectivity index (χ0) is 13.7. The van der Waals surface area contributed by atoms with E-state index in [0.29, 0.717) is 24.5 Å². The number of hydrogen-bond acceptors (Lipinski definition) is 5. The van der Waals surface area contributed by atoms with Crippen molar-refractivity contribution in [1.82, 2.24) is 25.1 Å². The largest absolute Gasteiger partial charge is 0.372 e. The molecule has 19 heavy (non-hydrogen) atoms. The lowest BCUT2D eigenvalue weighted by Crippen LogP contribution is -2.27. The molecule has 7 heteroatoms. The van der Waals surface area contributed by atoms with E-state index >= 15 is 0 Å². The molecule has 0 bridgehead atoms. The van der Waals surface area contributed by atoms with Crippen LogP contribution in [-0.2, 0) is 13.5 Å². The Labute approximate surface area is 111 Å². The Morgan fingerprint density at radius 3 is 2.79 bits per heavy atom. The predicted molar refractivity (Wildman–Crippen MR) is 70.8 cm³/mol. The monoisotopic (exact) mass is 260 g/mol. The van der Waals surface area contributed by atoms with Gasteiger partial charge < -0.3 is 15.2 Å². The van der Waals surface area contributed by atoms with E-state index in [0.717, 1.165) is 5.82 Å². The van der Waals surface area contributed by atoms with Crippen LogP contribution in [0.3, 0.4) is 0 Å². The van der Waals surface area contributed by atoms with Crippen LogP contribution in [0, 0.1) is 0 Å². The Morgan fingerprint density at radius 1 is 1.37 bits per heavy atom. The van der Waals surface area contributed by atoms with Gasteiger partial charge in [-0.3, -0.25) is 4.79 Å². The first-order valence-corrected chi connectivity index (χ1v) is 5.96. The van der Waals surface area contributed by atoms with Crippen molar-refractivity contribution in [2.45, 2.75) is 6.42 Å². The molecule has 2 N–H and O–H groups in total. The molecule has 0 spiro atoms. The van der Waals surface area contributed by atoms with Crippen molar-refractivity contribution in [2.75, 3.05) is 18.9 Å². The van der Waals surface area contributed by atoms with E-state index in [2.05, 4.69) is 25.8 Å². The van der Waals surface area contributed by atoms with Crippen molar-refractivity contribution in [2.24, 2.45) is 7.05 Å². The van der Waals surface area contributed by atoms with E-state index in [1.807, 2.05) is 17.8 Å². The van der Waals surface area contributed by atoms with Gasteiger partial charge in [0.1, 0.15) is 11.6 Å². The van der Waals surface area contributed by atoms with Crippen LogP contribution in [-0.4, -0.2) is 39.2 Å². The summed E-state index contributed by atoms with van der Waals surface area (Å²) in [4.78, 5) is 16.0. The van der Waals surface area contributed by atoms with Gasteiger partial charge in [0.2, 0.25) is 0 Å². The van der Waals surface area contributed by atoms with Crippen LogP contribution in [0.4, 0.5) is 5.82 Å². The van der Waals surface area contributed by atoms with Gasteiger partial charge in [-0.15, -0.1) is 10.2 Å². The first-order valence-electron chi connectivity index (χ1n) is 5.96. The van der Waals surface area contributed by atoms with Crippen LogP contribution in [0.15, 0.2) is 24.5 Å². The number of imidazole rings is 1. The molecule has 0 fully saturated rings. The highest BCUT2D eigenvalue weighted by molar-refractivity contribution is 5.92. The molecular weight excluding hydrogens is 244 g/mol. The highest BCUT2D eigenvalue weighted by Gasteiger charge is 2.08. The Morgan fingerprint density at radius 2 is 2.21 bits per heavy atom. The molecule has 2 aromatic rings. The van der Waals surface area contributed by atoms with Gasteiger partial charge >= 0.3 is 0 Å². The second kappa shape index (κ2) is 5.94. The second-order valence-corrected chi connectivity index (χ2v) is 4.01. The molecule has 100 valence electrons. The van der Waals surface area contributed by atoms with Crippen LogP contribution in [0.2, 0.25) is 0 Å². The number of carbonyl (C=O) groups is 1. The number of rotatable bonds is 5. The number of aryl methyl sites for hydroxylation is 1. The predicted octanol–water partition coefficient (Wildman–Crippen LogP) is 0.224. The van der Waals surface area contributed by atoms with E-state index < -0.39 is 0 Å². The molecule has 0 aromatic carbocycles. The van der Waals surface area contributed by atoms with Crippen LogP contribution < -0.4 is 10.6 Å². The summed E-state index contributed by atoms with van der Waals surface area (Å²) in [6.07, 6.45) is 4.29. The van der Waals surface area contributed by atoms with Gasteiger partial charge in [0.05, 0.1) is 0 Å². The van der Waals surface area contributed by atoms with Gasteiger partial charge in [0, 0.05) is 39.5 Å². The van der Waals surface area contributed by atoms with E-state index in [1.54, 1.807) is 25.4 Å². The molecule has 0 atom stereocenters. The van der Waals surface area contributed by atoms with Crippen molar-refractivity contribution in [1.29, 1.82) is 0 Å². The Balaban J connectivity index is 1.85. The maximum atomic E-state index is 11.8. The quantitative estimate of drug-likeness (QED) is 0.803. The SMILES string of the molecule is CNc1ccc(C(=O)NCCc2nccn2C)nn1. The molecule has 0 aliphatic carbocycles. The fourth-order valence-corrected chi connectivity index (χ4v) is 1.60. The van der Waals surface area contributed by atoms with Gasteiger partial charge in [0.15, 0.2) is 5.69 Å². The number of aromatic nitrogens is 4. The third-order valence-corrected chi connectivity index (χ3v) is 2.71. The summed E-state index contributed by atoms with van der Waals surface area (Å²) in [5.41, 5.74) is 0.304. The van der Waals surface area contributed by atoms with E-state index in [9.17, 15) is 4.79 Å². The average Bonchev–Trinajstić information content (AvgIpc) is 2.84. The van der Waals surface area contributed by atoms with Crippen molar-refractivity contribution in [3.05, 3.63) is 36.0 Å². The van der Waals surface area contributed by atoms with E-state index in [4.69, 9.17) is 0 Å². The summed E-state index contributed by atoms with van der Waals surface area (Å²) >= 11 is 0. The number of nitrogens with one attached hydrogen (secondary N) is 2. The minimum absolute atomic E-state index is 0.232. The lowest BCUT2D eigenvalue weighted by molar-refractivity contribution is 0.0948. The first-order chi connectivity index (χ1) is 9.20. The first kappa shape index (κ1) is 13.0. The van der Waals surface area contributed by atoms with Crippen molar-refractivity contribution >= 4 is 11.7 Å². The zero-order valence-corrected chi connectivity index (χ0v) is 10.9. The minimum Gasteiger partial charge on any atom is -0.372 e. The highest BCUT2D eigenvalue weighted by atomic mass is 16.1. The normalized spacial score (nSPS) is 10.2. The Bertz CT molecular complexity index is 548. The highest BCUT2D eigenvalue weighted by Crippen LogP contribution is 2.00. The minimum atomic E-state index is -0.232. The summed E-state index contributed by atoms with van der Waals surface area (Å²) in [7, 11) is 3.67. The number of hydrogen-bond donors (Lipinski definition) is 2. The topological polar surface area (TPSA) is 84.7 Å². The molecule has 0 saturated heterocycles. The van der Waals surface area contributed by atoms with Crippen LogP contribution in [0.25, 0.3) is 0 Å². The molecule has 0 radical (unpaired) electrons. The van der Waals surface area contributed by atoms with Crippen molar-refractivity contribution < 1.29 is 4.79 Å². The Kier molecular flexibility index (Phi) is 4.07. The van der Waals surface area contributed by atoms with Crippen molar-refractivity contribution in [3.63, 3.8) is 0 Å². The van der Waals surface area contributed by atoms with Gasteiger partial charge in [-0.05, 0) is 12.1 Å². The maximum Gasteiger partial charge on any atom is 0.271 e. The molecule has 0 aliphatic rings. The number of nitrogens with zero attached hydrogens (tertiary/aromatic N) is 4. The lowest BCUT2D eigenvalue weighted by Gasteiger charge is -2.05. The summed E-state index contributed by atoms with van der Waals surface area (Å²) in [6, 6.07) is 3.34. The Hall–Kier alpha value is -2.44. The lowest BCUT2D eigenvalue weighted by atomic mass is 10.3. The molecule has 0 aliphatic heterocycles.